The van der Waals surface area contributed by atoms with E-state index in [1.807, 2.05) is 13.8 Å². The van der Waals surface area contributed by atoms with Crippen molar-refractivity contribution in [2.75, 3.05) is 5.32 Å². The molecule has 2 amide bonds. The fourth-order valence-electron chi connectivity index (χ4n) is 3.84. The molecule has 182 valence electrons. The van der Waals surface area contributed by atoms with E-state index >= 15 is 0 Å². The van der Waals surface area contributed by atoms with Gasteiger partial charge in [-0.2, -0.15) is 0 Å². The highest BCUT2D eigenvalue weighted by Crippen LogP contribution is 2.17. The summed E-state index contributed by atoms with van der Waals surface area (Å²) in [6.07, 6.45) is 0. The number of hydrogen-bond donors (Lipinski definition) is 2. The Bertz CT molecular complexity index is 1580. The highest BCUT2D eigenvalue weighted by Gasteiger charge is 2.21. The third-order valence-electron chi connectivity index (χ3n) is 5.33. The van der Waals surface area contributed by atoms with E-state index in [-0.39, 0.29) is 46.8 Å². The van der Waals surface area contributed by atoms with Gasteiger partial charge in [-0.3, -0.25) is 19.0 Å². The van der Waals surface area contributed by atoms with Gasteiger partial charge in [0, 0.05) is 28.4 Å². The van der Waals surface area contributed by atoms with E-state index in [2.05, 4.69) is 15.7 Å². The van der Waals surface area contributed by atoms with Crippen LogP contribution in [0.25, 0.3) is 16.7 Å². The maximum Gasteiger partial charge on any atom is 0.352 e. The molecule has 11 heteroatoms. The number of carbonyl (C=O) groups excluding carboxylic acids is 2. The number of anilines is 1. The summed E-state index contributed by atoms with van der Waals surface area (Å²) in [5.41, 5.74) is 0.0583. The third kappa shape index (κ3) is 4.69. The van der Waals surface area contributed by atoms with Gasteiger partial charge in [-0.25, -0.2) is 13.9 Å². The largest absolute Gasteiger partial charge is 0.352 e. The standard InChI is InChI=1S/C24H25ClN6O4/c1-13(2)26-21(33)15-8-9-18-19(10-15)31-23(30(14(3)4)22(18)34)28-29(24(31)35)12-20(32)27-17-7-5-6-16(25)11-17/h5-11,13-14H,12H2,1-4H3,(H,26,33)(H,27,32). The zero-order valence-electron chi connectivity index (χ0n) is 19.7. The van der Waals surface area contributed by atoms with E-state index in [4.69, 9.17) is 11.6 Å². The minimum Gasteiger partial charge on any atom is -0.350 e. The van der Waals surface area contributed by atoms with E-state index in [1.54, 1.807) is 44.2 Å². The molecule has 0 aliphatic rings. The first-order chi connectivity index (χ1) is 16.6. The number of amides is 2. The van der Waals surface area contributed by atoms with Gasteiger partial charge in [0.25, 0.3) is 11.5 Å². The molecular formula is C24H25ClN6O4. The summed E-state index contributed by atoms with van der Waals surface area (Å²) in [4.78, 5) is 51.8. The van der Waals surface area contributed by atoms with Gasteiger partial charge in [-0.1, -0.05) is 17.7 Å². The Balaban J connectivity index is 1.85. The lowest BCUT2D eigenvalue weighted by Crippen LogP contribution is -2.31. The Morgan fingerprint density at radius 2 is 1.80 bits per heavy atom. The predicted octanol–water partition coefficient (Wildman–Crippen LogP) is 2.82. The van der Waals surface area contributed by atoms with Crippen LogP contribution in [0.2, 0.25) is 5.02 Å². The maximum atomic E-state index is 13.4. The quantitative estimate of drug-likeness (QED) is 0.425. The molecule has 0 atom stereocenters. The van der Waals surface area contributed by atoms with E-state index in [9.17, 15) is 19.2 Å². The lowest BCUT2D eigenvalue weighted by molar-refractivity contribution is -0.117. The highest BCUT2D eigenvalue weighted by atomic mass is 35.5. The second-order valence-electron chi connectivity index (χ2n) is 8.76. The van der Waals surface area contributed by atoms with Crippen molar-refractivity contribution in [3.63, 3.8) is 0 Å². The fraction of sp³-hybridized carbons (Fsp3) is 0.292. The predicted molar refractivity (Wildman–Crippen MR) is 134 cm³/mol. The molecule has 35 heavy (non-hydrogen) atoms. The minimum atomic E-state index is -0.609. The molecule has 0 unspecified atom stereocenters. The van der Waals surface area contributed by atoms with Crippen LogP contribution in [-0.4, -0.2) is 36.6 Å². The molecule has 0 fully saturated rings. The Kier molecular flexibility index (Phi) is 6.49. The van der Waals surface area contributed by atoms with Crippen LogP contribution in [0.1, 0.15) is 44.1 Å². The Morgan fingerprint density at radius 3 is 2.46 bits per heavy atom. The molecule has 10 nitrogen and oxygen atoms in total. The van der Waals surface area contributed by atoms with Gasteiger partial charge in [-0.15, -0.1) is 5.10 Å². The van der Waals surface area contributed by atoms with Crippen molar-refractivity contribution in [2.45, 2.75) is 46.3 Å². The number of carbonyl (C=O) groups is 2. The van der Waals surface area contributed by atoms with Crippen LogP contribution in [0.5, 0.6) is 0 Å². The van der Waals surface area contributed by atoms with Crippen LogP contribution in [0.15, 0.2) is 52.1 Å². The molecule has 2 heterocycles. The van der Waals surface area contributed by atoms with Crippen LogP contribution in [0, 0.1) is 0 Å². The number of nitrogens with zero attached hydrogens (tertiary/aromatic N) is 4. The van der Waals surface area contributed by atoms with Gasteiger partial charge < -0.3 is 10.6 Å². The smallest absolute Gasteiger partial charge is 0.350 e. The molecule has 0 aliphatic heterocycles. The Morgan fingerprint density at radius 1 is 1.06 bits per heavy atom. The molecule has 4 aromatic rings. The van der Waals surface area contributed by atoms with Gasteiger partial charge in [-0.05, 0) is 64.1 Å². The summed E-state index contributed by atoms with van der Waals surface area (Å²) in [5.74, 6) is -0.735. The van der Waals surface area contributed by atoms with Crippen LogP contribution in [0.4, 0.5) is 5.69 Å². The van der Waals surface area contributed by atoms with Gasteiger partial charge in [0.15, 0.2) is 0 Å². The Labute approximate surface area is 205 Å². The summed E-state index contributed by atoms with van der Waals surface area (Å²) in [6.45, 7) is 6.89. The summed E-state index contributed by atoms with van der Waals surface area (Å²) < 4.78 is 3.65. The van der Waals surface area contributed by atoms with Crippen molar-refractivity contribution in [2.24, 2.45) is 0 Å². The first-order valence-corrected chi connectivity index (χ1v) is 11.5. The molecule has 4 rings (SSSR count). The van der Waals surface area contributed by atoms with Crippen LogP contribution < -0.4 is 21.9 Å². The molecule has 0 radical (unpaired) electrons. The number of rotatable bonds is 6. The van der Waals surface area contributed by atoms with Gasteiger partial charge in [0.2, 0.25) is 11.7 Å². The molecule has 0 saturated heterocycles. The Hall–Kier alpha value is -3.92. The average Bonchev–Trinajstić information content (AvgIpc) is 3.08. The molecule has 2 aromatic heterocycles. The summed E-state index contributed by atoms with van der Waals surface area (Å²) in [6, 6.07) is 10.8. The van der Waals surface area contributed by atoms with Crippen LogP contribution >= 0.6 is 11.6 Å². The first-order valence-electron chi connectivity index (χ1n) is 11.1. The number of nitrogens with one attached hydrogen (secondary N) is 2. The number of fused-ring (bicyclic) bond motifs is 3. The van der Waals surface area contributed by atoms with Crippen molar-refractivity contribution in [1.82, 2.24) is 24.1 Å². The minimum absolute atomic E-state index is 0.0828. The van der Waals surface area contributed by atoms with E-state index < -0.39 is 11.6 Å². The van der Waals surface area contributed by atoms with Crippen molar-refractivity contribution < 1.29 is 9.59 Å². The van der Waals surface area contributed by atoms with Gasteiger partial charge in [0.05, 0.1) is 10.9 Å². The lowest BCUT2D eigenvalue weighted by atomic mass is 10.1. The van der Waals surface area contributed by atoms with E-state index in [0.29, 0.717) is 16.3 Å². The van der Waals surface area contributed by atoms with Crippen molar-refractivity contribution in [1.29, 1.82) is 0 Å². The SMILES string of the molecule is CC(C)NC(=O)c1ccc2c(=O)n(C(C)C)c3nn(CC(=O)Nc4cccc(Cl)c4)c(=O)n3c2c1. The molecular weight excluding hydrogens is 472 g/mol. The van der Waals surface area contributed by atoms with E-state index in [0.717, 1.165) is 4.68 Å². The van der Waals surface area contributed by atoms with Crippen molar-refractivity contribution in [3.8, 4) is 0 Å². The molecule has 0 spiro atoms. The fourth-order valence-corrected chi connectivity index (χ4v) is 4.03. The van der Waals surface area contributed by atoms with Crippen LogP contribution in [0.3, 0.4) is 0 Å². The second kappa shape index (κ2) is 9.38. The summed E-state index contributed by atoms with van der Waals surface area (Å²) in [7, 11) is 0. The average molecular weight is 497 g/mol. The number of benzene rings is 2. The normalized spacial score (nSPS) is 11.5. The first kappa shape index (κ1) is 24.2. The van der Waals surface area contributed by atoms with Crippen LogP contribution in [-0.2, 0) is 11.3 Å². The molecule has 0 aliphatic carbocycles. The summed E-state index contributed by atoms with van der Waals surface area (Å²) >= 11 is 5.96. The second-order valence-corrected chi connectivity index (χ2v) is 9.20. The molecule has 0 bridgehead atoms. The monoisotopic (exact) mass is 496 g/mol. The molecule has 2 aromatic carbocycles. The number of aromatic nitrogens is 4. The van der Waals surface area contributed by atoms with E-state index in [1.165, 1.54) is 21.1 Å². The van der Waals surface area contributed by atoms with Crippen molar-refractivity contribution in [3.05, 3.63) is 73.9 Å². The van der Waals surface area contributed by atoms with Gasteiger partial charge >= 0.3 is 5.69 Å². The maximum absolute atomic E-state index is 13.4. The zero-order chi connectivity index (χ0) is 25.4. The zero-order valence-corrected chi connectivity index (χ0v) is 20.5. The molecule has 0 saturated carbocycles. The number of halogens is 1. The summed E-state index contributed by atoms with van der Waals surface area (Å²) in [5, 5.41) is 10.5. The third-order valence-corrected chi connectivity index (χ3v) is 5.56. The number of hydrogen-bond acceptors (Lipinski definition) is 5. The van der Waals surface area contributed by atoms with Crippen molar-refractivity contribution >= 4 is 45.8 Å². The highest BCUT2D eigenvalue weighted by molar-refractivity contribution is 6.30. The molecule has 2 N–H and O–H groups in total. The lowest BCUT2D eigenvalue weighted by Gasteiger charge is -2.13. The van der Waals surface area contributed by atoms with Gasteiger partial charge in [0.1, 0.15) is 6.54 Å². The topological polar surface area (TPSA) is 120 Å².